The van der Waals surface area contributed by atoms with E-state index in [1.165, 1.54) is 22.6 Å². The van der Waals surface area contributed by atoms with Gasteiger partial charge in [-0.2, -0.15) is 22.6 Å². The van der Waals surface area contributed by atoms with Crippen molar-refractivity contribution in [2.24, 2.45) is 0 Å². The molecule has 3 aromatic rings. The summed E-state index contributed by atoms with van der Waals surface area (Å²) in [6.45, 7) is 4.92. The molecule has 18 heteroatoms. The summed E-state index contributed by atoms with van der Waals surface area (Å²) in [4.78, 5) is 35.9. The number of alkyl halides is 3. The minimum Gasteiger partial charge on any atom is -0.390 e. The molecule has 1 unspecified atom stereocenters. The molecule has 3 saturated heterocycles. The maximum absolute atomic E-state index is 14.3. The number of amides is 2. The van der Waals surface area contributed by atoms with Crippen LogP contribution in [0.1, 0.15) is 58.4 Å². The second kappa shape index (κ2) is 16.2. The number of aliphatic hydroxyl groups is 1. The number of rotatable bonds is 11. The molecule has 7 rings (SSSR count). The van der Waals surface area contributed by atoms with Crippen molar-refractivity contribution in [1.82, 2.24) is 34.2 Å². The van der Waals surface area contributed by atoms with Gasteiger partial charge in [0.1, 0.15) is 5.82 Å². The second-order valence-corrected chi connectivity index (χ2v) is 16.7. The van der Waals surface area contributed by atoms with Gasteiger partial charge in [0.25, 0.3) is 5.91 Å². The molecule has 55 heavy (non-hydrogen) atoms. The average Bonchev–Trinajstić information content (AvgIpc) is 3.76. The lowest BCUT2D eigenvalue weighted by Crippen LogP contribution is -2.47. The third-order valence-electron chi connectivity index (χ3n) is 11.0. The number of aliphatic hydroxyl groups excluding tert-OH is 1. The number of likely N-dealkylation sites (tertiary alicyclic amines) is 2. The van der Waals surface area contributed by atoms with E-state index in [0.717, 1.165) is 51.2 Å². The van der Waals surface area contributed by atoms with Crippen molar-refractivity contribution >= 4 is 27.7 Å². The molecule has 0 spiro atoms. The van der Waals surface area contributed by atoms with Crippen LogP contribution in [0.5, 0.6) is 0 Å². The minimum absolute atomic E-state index is 0.0249. The van der Waals surface area contributed by atoms with Gasteiger partial charge >= 0.3 is 6.18 Å². The zero-order valence-electron chi connectivity index (χ0n) is 30.8. The molecular formula is C37H47F3N8O6S. The van der Waals surface area contributed by atoms with Crippen LogP contribution in [0.4, 0.5) is 19.0 Å². The van der Waals surface area contributed by atoms with Crippen LogP contribution in [0.15, 0.2) is 36.5 Å². The van der Waals surface area contributed by atoms with E-state index < -0.39 is 40.3 Å². The van der Waals surface area contributed by atoms with E-state index in [9.17, 15) is 36.3 Å². The van der Waals surface area contributed by atoms with Crippen LogP contribution < -0.4 is 10.2 Å². The fourth-order valence-electron chi connectivity index (χ4n) is 8.10. The summed E-state index contributed by atoms with van der Waals surface area (Å²) in [5.74, 6) is 0.292. The molecule has 3 fully saturated rings. The fourth-order valence-corrected chi connectivity index (χ4v) is 8.88. The van der Waals surface area contributed by atoms with Crippen molar-refractivity contribution in [2.45, 2.75) is 70.1 Å². The van der Waals surface area contributed by atoms with Gasteiger partial charge in [-0.25, -0.2) is 13.4 Å². The lowest BCUT2D eigenvalue weighted by molar-refractivity contribution is -0.138. The predicted molar refractivity (Wildman–Crippen MR) is 196 cm³/mol. The van der Waals surface area contributed by atoms with Crippen LogP contribution in [0.3, 0.4) is 0 Å². The van der Waals surface area contributed by atoms with Gasteiger partial charge in [0.15, 0.2) is 0 Å². The molecule has 4 aliphatic rings. The molecule has 14 nitrogen and oxygen atoms in total. The van der Waals surface area contributed by atoms with Crippen molar-refractivity contribution in [3.63, 3.8) is 0 Å². The van der Waals surface area contributed by atoms with Crippen molar-refractivity contribution in [3.8, 4) is 11.3 Å². The van der Waals surface area contributed by atoms with Crippen molar-refractivity contribution in [1.29, 1.82) is 0 Å². The highest BCUT2D eigenvalue weighted by Gasteiger charge is 2.36. The van der Waals surface area contributed by atoms with Gasteiger partial charge in [-0.1, -0.05) is 6.07 Å². The quantitative estimate of drug-likeness (QED) is 0.297. The van der Waals surface area contributed by atoms with Gasteiger partial charge in [0, 0.05) is 101 Å². The number of anilines is 1. The largest absolute Gasteiger partial charge is 0.416 e. The number of hydrogen-bond donors (Lipinski definition) is 2. The van der Waals surface area contributed by atoms with Crippen LogP contribution in [0.25, 0.3) is 11.3 Å². The maximum Gasteiger partial charge on any atom is 0.416 e. The topological polar surface area (TPSA) is 153 Å². The molecule has 6 heterocycles. The number of pyridine rings is 1. The highest BCUT2D eigenvalue weighted by molar-refractivity contribution is 7.88. The molecule has 0 radical (unpaired) electrons. The minimum atomic E-state index is -4.71. The van der Waals surface area contributed by atoms with Gasteiger partial charge < -0.3 is 29.9 Å². The SMILES string of the molecule is CS(=O)(=O)N1CCc2c(c(-c3ccc(C(F)(F)F)c(CNC(=O)c4ccc(N5CCOCC5)nc4)c3)nn2CC(O)CN2CCC(N3CCCC3=O)CC2)C1. The number of hydrogen-bond acceptors (Lipinski definition) is 10. The zero-order chi connectivity index (χ0) is 38.9. The normalized spacial score (nSPS) is 19.8. The number of β-amino-alcohol motifs (C(OH)–C–C–N with tert-alkyl or cyclic N) is 1. The first kappa shape index (κ1) is 39.1. The number of nitrogens with one attached hydrogen (secondary N) is 1. The summed E-state index contributed by atoms with van der Waals surface area (Å²) in [5.41, 5.74) is 0.998. The number of sulfonamides is 1. The summed E-state index contributed by atoms with van der Waals surface area (Å²) in [6.07, 6.45) is 0.415. The van der Waals surface area contributed by atoms with Gasteiger partial charge in [-0.3, -0.25) is 14.3 Å². The highest BCUT2D eigenvalue weighted by Crippen LogP contribution is 2.37. The number of morpholine rings is 1. The Labute approximate surface area is 318 Å². The van der Waals surface area contributed by atoms with E-state index in [0.29, 0.717) is 74.0 Å². The van der Waals surface area contributed by atoms with Gasteiger partial charge in [0.2, 0.25) is 15.9 Å². The summed E-state index contributed by atoms with van der Waals surface area (Å²) in [7, 11) is -3.60. The summed E-state index contributed by atoms with van der Waals surface area (Å²) in [6, 6.07) is 7.08. The van der Waals surface area contributed by atoms with Crippen molar-refractivity contribution in [2.75, 3.05) is 70.2 Å². The Hall–Kier alpha value is -4.10. The molecule has 2 aromatic heterocycles. The van der Waals surface area contributed by atoms with E-state index in [4.69, 9.17) is 9.84 Å². The third kappa shape index (κ3) is 8.98. The van der Waals surface area contributed by atoms with E-state index in [1.807, 2.05) is 9.80 Å². The third-order valence-corrected chi connectivity index (χ3v) is 12.2. The van der Waals surface area contributed by atoms with Crippen molar-refractivity contribution in [3.05, 3.63) is 64.5 Å². The number of aromatic nitrogens is 3. The number of fused-ring (bicyclic) bond motifs is 1. The lowest BCUT2D eigenvalue weighted by Gasteiger charge is -2.37. The Kier molecular flexibility index (Phi) is 11.5. The summed E-state index contributed by atoms with van der Waals surface area (Å²) in [5, 5.41) is 18.6. The van der Waals surface area contributed by atoms with Crippen LogP contribution in [0.2, 0.25) is 0 Å². The Balaban J connectivity index is 1.09. The predicted octanol–water partition coefficient (Wildman–Crippen LogP) is 2.50. The Bertz CT molecular complexity index is 1980. The molecule has 298 valence electrons. The van der Waals surface area contributed by atoms with Crippen LogP contribution in [0, 0.1) is 0 Å². The first-order valence-corrected chi connectivity index (χ1v) is 20.6. The van der Waals surface area contributed by atoms with E-state index in [2.05, 4.69) is 15.2 Å². The molecule has 0 bridgehead atoms. The van der Waals surface area contributed by atoms with Crippen LogP contribution >= 0.6 is 0 Å². The Morgan fingerprint density at radius 1 is 1.04 bits per heavy atom. The Morgan fingerprint density at radius 2 is 1.80 bits per heavy atom. The van der Waals surface area contributed by atoms with E-state index >= 15 is 0 Å². The molecule has 0 saturated carbocycles. The molecule has 1 atom stereocenters. The monoisotopic (exact) mass is 788 g/mol. The first-order chi connectivity index (χ1) is 26.2. The highest BCUT2D eigenvalue weighted by atomic mass is 32.2. The molecule has 1 aromatic carbocycles. The Morgan fingerprint density at radius 3 is 2.45 bits per heavy atom. The summed E-state index contributed by atoms with van der Waals surface area (Å²) >= 11 is 0. The standard InChI is InChI=1S/C37H47F3N8O6S/c1-55(52,53)46-14-10-32-30(24-46)35(43-48(32)23-29(49)22-44-12-8-28(9-13-44)47-11-2-3-34(47)50)25-4-6-31(37(38,39)40)27(19-25)21-42-36(51)26-5-7-33(41-20-26)45-15-17-54-18-16-45/h4-7,19-20,28-29,49H,2-3,8-18,21-24H2,1H3,(H,42,51). The molecule has 4 aliphatic heterocycles. The number of ether oxygens (including phenoxy) is 1. The van der Waals surface area contributed by atoms with E-state index in [1.54, 1.807) is 16.8 Å². The van der Waals surface area contributed by atoms with Crippen LogP contribution in [-0.4, -0.2) is 132 Å². The number of carbonyl (C=O) groups is 2. The van der Waals surface area contributed by atoms with E-state index in [-0.39, 0.29) is 42.7 Å². The number of halogens is 3. The smallest absolute Gasteiger partial charge is 0.390 e. The fraction of sp³-hybridized carbons (Fsp3) is 0.568. The molecule has 2 N–H and O–H groups in total. The second-order valence-electron chi connectivity index (χ2n) is 14.7. The van der Waals surface area contributed by atoms with Crippen molar-refractivity contribution < 1.29 is 41.0 Å². The van der Waals surface area contributed by atoms with Gasteiger partial charge in [0.05, 0.1) is 48.9 Å². The number of carbonyl (C=O) groups excluding carboxylic acids is 2. The number of benzene rings is 1. The van der Waals surface area contributed by atoms with Gasteiger partial charge in [-0.15, -0.1) is 0 Å². The van der Waals surface area contributed by atoms with Crippen LogP contribution in [-0.2, 0) is 51.8 Å². The first-order valence-electron chi connectivity index (χ1n) is 18.8. The lowest BCUT2D eigenvalue weighted by atomic mass is 9.97. The van der Waals surface area contributed by atoms with Gasteiger partial charge in [-0.05, 0) is 49.1 Å². The molecular weight excluding hydrogens is 742 g/mol. The maximum atomic E-state index is 14.3. The zero-order valence-corrected chi connectivity index (χ0v) is 31.6. The molecule has 0 aliphatic carbocycles. The molecule has 2 amide bonds. The average molecular weight is 789 g/mol. The number of piperidine rings is 1. The summed E-state index contributed by atoms with van der Waals surface area (Å²) < 4.78 is 76.4. The number of nitrogens with zero attached hydrogens (tertiary/aromatic N) is 7.